The van der Waals surface area contributed by atoms with Crippen molar-refractivity contribution in [2.45, 2.75) is 38.4 Å². The Labute approximate surface area is 116 Å². The molecule has 0 aromatic heterocycles. The van der Waals surface area contributed by atoms with Crippen molar-refractivity contribution in [3.63, 3.8) is 0 Å². The third-order valence-corrected chi connectivity index (χ3v) is 3.01. The number of alkyl halides is 3. The summed E-state index contributed by atoms with van der Waals surface area (Å²) >= 11 is 0. The lowest BCUT2D eigenvalue weighted by atomic mass is 10.1. The maximum Gasteiger partial charge on any atom is 0.389 e. The van der Waals surface area contributed by atoms with Crippen molar-refractivity contribution in [3.05, 3.63) is 29.6 Å². The molecule has 0 saturated heterocycles. The molecule has 6 heteroatoms. The molecule has 1 rings (SSSR count). The second-order valence-electron chi connectivity index (χ2n) is 4.64. The van der Waals surface area contributed by atoms with E-state index >= 15 is 0 Å². The second kappa shape index (κ2) is 7.47. The zero-order valence-corrected chi connectivity index (χ0v) is 11.6. The van der Waals surface area contributed by atoms with Crippen LogP contribution in [0.15, 0.2) is 18.2 Å². The van der Waals surface area contributed by atoms with Gasteiger partial charge in [0.2, 0.25) is 0 Å². The van der Waals surface area contributed by atoms with E-state index in [1.54, 1.807) is 19.1 Å². The fraction of sp³-hybridized carbons (Fsp3) is 0.571. The normalized spacial score (nSPS) is 13.3. The van der Waals surface area contributed by atoms with E-state index in [1.165, 1.54) is 13.2 Å². The van der Waals surface area contributed by atoms with Gasteiger partial charge in [-0.2, -0.15) is 13.2 Å². The molecular weight excluding hydrogens is 274 g/mol. The Morgan fingerprint density at radius 3 is 2.50 bits per heavy atom. The Balaban J connectivity index is 2.38. The lowest BCUT2D eigenvalue weighted by Gasteiger charge is -2.15. The Morgan fingerprint density at radius 2 is 1.95 bits per heavy atom. The first-order valence-electron chi connectivity index (χ1n) is 6.47. The lowest BCUT2D eigenvalue weighted by Crippen LogP contribution is -2.21. The molecule has 20 heavy (non-hydrogen) atoms. The van der Waals surface area contributed by atoms with Gasteiger partial charge in [0.1, 0.15) is 11.6 Å². The number of hydrogen-bond donors (Lipinski definition) is 1. The molecule has 0 spiro atoms. The molecule has 0 aliphatic rings. The van der Waals surface area contributed by atoms with E-state index in [9.17, 15) is 17.6 Å². The van der Waals surface area contributed by atoms with Crippen LogP contribution >= 0.6 is 0 Å². The van der Waals surface area contributed by atoms with Crippen molar-refractivity contribution >= 4 is 0 Å². The van der Waals surface area contributed by atoms with E-state index in [-0.39, 0.29) is 18.3 Å². The SMILES string of the molecule is COc1ccc(C(C)NCCCCC(F)(F)F)c(F)c1. The van der Waals surface area contributed by atoms with Gasteiger partial charge in [-0.25, -0.2) is 4.39 Å². The van der Waals surface area contributed by atoms with Crippen molar-refractivity contribution in [1.29, 1.82) is 0 Å². The van der Waals surface area contributed by atoms with E-state index in [0.29, 0.717) is 24.3 Å². The maximum absolute atomic E-state index is 13.8. The average molecular weight is 293 g/mol. The Bertz CT molecular complexity index is 420. The highest BCUT2D eigenvalue weighted by Crippen LogP contribution is 2.23. The lowest BCUT2D eigenvalue weighted by molar-refractivity contribution is -0.135. The number of unbranched alkanes of at least 4 members (excludes halogenated alkanes) is 1. The fourth-order valence-corrected chi connectivity index (χ4v) is 1.86. The number of methoxy groups -OCH3 is 1. The summed E-state index contributed by atoms with van der Waals surface area (Å²) in [7, 11) is 1.46. The van der Waals surface area contributed by atoms with Gasteiger partial charge in [-0.3, -0.25) is 0 Å². The molecule has 0 fully saturated rings. The average Bonchev–Trinajstić information content (AvgIpc) is 2.36. The molecule has 0 saturated carbocycles. The zero-order chi connectivity index (χ0) is 15.2. The van der Waals surface area contributed by atoms with Crippen LogP contribution in [0.25, 0.3) is 0 Å². The van der Waals surface area contributed by atoms with Crippen molar-refractivity contribution in [2.24, 2.45) is 0 Å². The van der Waals surface area contributed by atoms with E-state index in [2.05, 4.69) is 5.32 Å². The van der Waals surface area contributed by atoms with Crippen molar-refractivity contribution in [2.75, 3.05) is 13.7 Å². The molecule has 1 aromatic rings. The van der Waals surface area contributed by atoms with Crippen LogP contribution in [-0.2, 0) is 0 Å². The van der Waals surface area contributed by atoms with Crippen LogP contribution in [-0.4, -0.2) is 19.8 Å². The predicted octanol–water partition coefficient (Wildman–Crippen LogP) is 4.22. The number of benzene rings is 1. The van der Waals surface area contributed by atoms with Gasteiger partial charge in [0.25, 0.3) is 0 Å². The molecule has 0 heterocycles. The molecular formula is C14H19F4NO. The van der Waals surface area contributed by atoms with Crippen molar-refractivity contribution < 1.29 is 22.3 Å². The minimum Gasteiger partial charge on any atom is -0.497 e. The summed E-state index contributed by atoms with van der Waals surface area (Å²) in [5.41, 5.74) is 0.474. The molecule has 1 N–H and O–H groups in total. The molecule has 2 nitrogen and oxygen atoms in total. The van der Waals surface area contributed by atoms with Gasteiger partial charge in [-0.1, -0.05) is 6.07 Å². The molecule has 1 aromatic carbocycles. The molecule has 114 valence electrons. The number of halogens is 4. The largest absolute Gasteiger partial charge is 0.497 e. The van der Waals surface area contributed by atoms with Crippen LogP contribution in [0.2, 0.25) is 0 Å². The van der Waals surface area contributed by atoms with Crippen LogP contribution in [0, 0.1) is 5.82 Å². The Hall–Kier alpha value is -1.30. The van der Waals surface area contributed by atoms with E-state index in [0.717, 1.165) is 0 Å². The van der Waals surface area contributed by atoms with Gasteiger partial charge in [-0.15, -0.1) is 0 Å². The highest BCUT2D eigenvalue weighted by molar-refractivity contribution is 5.30. The Morgan fingerprint density at radius 1 is 1.25 bits per heavy atom. The van der Waals surface area contributed by atoms with E-state index < -0.39 is 12.6 Å². The van der Waals surface area contributed by atoms with E-state index in [1.807, 2.05) is 0 Å². The molecule has 0 radical (unpaired) electrons. The first kappa shape index (κ1) is 16.8. The minimum atomic E-state index is -4.10. The van der Waals surface area contributed by atoms with Crippen LogP contribution in [0.3, 0.4) is 0 Å². The Kier molecular flexibility index (Phi) is 6.26. The highest BCUT2D eigenvalue weighted by Gasteiger charge is 2.25. The van der Waals surface area contributed by atoms with Gasteiger partial charge >= 0.3 is 6.18 Å². The number of ether oxygens (including phenoxy) is 1. The highest BCUT2D eigenvalue weighted by atomic mass is 19.4. The summed E-state index contributed by atoms with van der Waals surface area (Å²) < 4.78 is 54.5. The third-order valence-electron chi connectivity index (χ3n) is 3.01. The number of rotatable bonds is 7. The van der Waals surface area contributed by atoms with Gasteiger partial charge < -0.3 is 10.1 Å². The first-order chi connectivity index (χ1) is 9.33. The van der Waals surface area contributed by atoms with Gasteiger partial charge in [0, 0.05) is 24.1 Å². The van der Waals surface area contributed by atoms with Gasteiger partial charge in [0.15, 0.2) is 0 Å². The van der Waals surface area contributed by atoms with Gasteiger partial charge in [-0.05, 0) is 32.4 Å². The molecule has 1 unspecified atom stereocenters. The van der Waals surface area contributed by atoms with Crippen LogP contribution in [0.4, 0.5) is 17.6 Å². The monoisotopic (exact) mass is 293 g/mol. The predicted molar refractivity (Wildman–Crippen MR) is 69.3 cm³/mol. The quantitative estimate of drug-likeness (QED) is 0.600. The molecule has 0 amide bonds. The number of hydrogen-bond acceptors (Lipinski definition) is 2. The van der Waals surface area contributed by atoms with Crippen molar-refractivity contribution in [3.8, 4) is 5.75 Å². The van der Waals surface area contributed by atoms with Crippen LogP contribution in [0.1, 0.15) is 37.8 Å². The second-order valence-corrected chi connectivity index (χ2v) is 4.64. The molecule has 1 atom stereocenters. The third kappa shape index (κ3) is 5.77. The molecule has 0 aliphatic carbocycles. The fourth-order valence-electron chi connectivity index (χ4n) is 1.86. The smallest absolute Gasteiger partial charge is 0.389 e. The summed E-state index contributed by atoms with van der Waals surface area (Å²) in [6.45, 7) is 2.19. The van der Waals surface area contributed by atoms with Crippen LogP contribution in [0.5, 0.6) is 5.75 Å². The number of nitrogens with one attached hydrogen (secondary N) is 1. The summed E-state index contributed by atoms with van der Waals surface area (Å²) in [6.07, 6.45) is -4.40. The standard InChI is InChI=1S/C14H19F4NO/c1-10(19-8-4-3-7-14(16,17)18)12-6-5-11(20-2)9-13(12)15/h5-6,9-10,19H,3-4,7-8H2,1-2H3. The summed E-state index contributed by atoms with van der Waals surface area (Å²) in [4.78, 5) is 0. The molecule has 0 aliphatic heterocycles. The maximum atomic E-state index is 13.8. The van der Waals surface area contributed by atoms with E-state index in [4.69, 9.17) is 4.74 Å². The zero-order valence-electron chi connectivity index (χ0n) is 11.6. The van der Waals surface area contributed by atoms with Crippen molar-refractivity contribution in [1.82, 2.24) is 5.32 Å². The molecule has 0 bridgehead atoms. The van der Waals surface area contributed by atoms with Crippen LogP contribution < -0.4 is 10.1 Å². The minimum absolute atomic E-state index is 0.0777. The summed E-state index contributed by atoms with van der Waals surface area (Å²) in [5.74, 6) is 0.0447. The first-order valence-corrected chi connectivity index (χ1v) is 6.47. The summed E-state index contributed by atoms with van der Waals surface area (Å²) in [5, 5.41) is 3.02. The van der Waals surface area contributed by atoms with Gasteiger partial charge in [0.05, 0.1) is 7.11 Å². The summed E-state index contributed by atoms with van der Waals surface area (Å²) in [6, 6.07) is 4.30. The topological polar surface area (TPSA) is 21.3 Å².